The zero-order chi connectivity index (χ0) is 11.8. The fraction of sp³-hybridized carbons (Fsp3) is 0.500. The highest BCUT2D eigenvalue weighted by Crippen LogP contribution is 2.24. The summed E-state index contributed by atoms with van der Waals surface area (Å²) in [4.78, 5) is 0. The van der Waals surface area contributed by atoms with Crippen LogP contribution in [-0.2, 0) is 24.9 Å². The first-order valence-electron chi connectivity index (χ1n) is 5.51. The van der Waals surface area contributed by atoms with E-state index in [1.807, 2.05) is 17.9 Å². The number of fused-ring (bicyclic) bond motifs is 1. The number of hydrogen-bond acceptors (Lipinski definition) is 5. The molecule has 0 saturated carbocycles. The van der Waals surface area contributed by atoms with Gasteiger partial charge in [0.2, 0.25) is 0 Å². The summed E-state index contributed by atoms with van der Waals surface area (Å²) in [6.45, 7) is 1.67. The summed E-state index contributed by atoms with van der Waals surface area (Å²) in [5.41, 5.74) is 8.37. The van der Waals surface area contributed by atoms with E-state index in [2.05, 4.69) is 15.4 Å². The smallest absolute Gasteiger partial charge is 0.121 e. The van der Waals surface area contributed by atoms with Crippen LogP contribution in [0.25, 0.3) is 11.3 Å². The molecular weight excluding hydrogens is 220 g/mol. The third kappa shape index (κ3) is 1.73. The molecule has 1 aliphatic heterocycles. The molecule has 17 heavy (non-hydrogen) atoms. The van der Waals surface area contributed by atoms with Crippen LogP contribution in [0.3, 0.4) is 0 Å². The van der Waals surface area contributed by atoms with E-state index < -0.39 is 0 Å². The van der Waals surface area contributed by atoms with E-state index in [1.165, 1.54) is 0 Å². The quantitative estimate of drug-likeness (QED) is 0.760. The highest BCUT2D eigenvalue weighted by Gasteiger charge is 2.23. The lowest BCUT2D eigenvalue weighted by Gasteiger charge is -2.22. The van der Waals surface area contributed by atoms with Gasteiger partial charge in [0, 0.05) is 25.4 Å². The van der Waals surface area contributed by atoms with Crippen molar-refractivity contribution in [1.29, 1.82) is 0 Å². The van der Waals surface area contributed by atoms with Gasteiger partial charge in [-0.15, -0.1) is 5.10 Å². The number of rotatable bonds is 2. The summed E-state index contributed by atoms with van der Waals surface area (Å²) in [6, 6.07) is 0. The molecule has 7 nitrogen and oxygen atoms in total. The van der Waals surface area contributed by atoms with Crippen molar-refractivity contribution in [2.45, 2.75) is 19.3 Å². The van der Waals surface area contributed by atoms with Crippen molar-refractivity contribution in [2.75, 3.05) is 6.54 Å². The van der Waals surface area contributed by atoms with Crippen LogP contribution in [0.4, 0.5) is 0 Å². The topological polar surface area (TPSA) is 83.8 Å². The molecule has 3 rings (SSSR count). The van der Waals surface area contributed by atoms with Gasteiger partial charge >= 0.3 is 0 Å². The minimum Gasteiger partial charge on any atom is -0.369 e. The molecule has 2 aromatic heterocycles. The highest BCUT2D eigenvalue weighted by atomic mass is 16.5. The predicted octanol–water partition coefficient (Wildman–Crippen LogP) is -0.464. The van der Waals surface area contributed by atoms with Crippen LogP contribution < -0.4 is 5.73 Å². The summed E-state index contributed by atoms with van der Waals surface area (Å²) < 4.78 is 9.24. The largest absolute Gasteiger partial charge is 0.369 e. The first-order valence-corrected chi connectivity index (χ1v) is 5.51. The minimum atomic E-state index is 0.0333. The molecule has 0 aliphatic carbocycles. The molecule has 0 fully saturated rings. The van der Waals surface area contributed by atoms with Crippen LogP contribution in [-0.4, -0.2) is 37.4 Å². The SMILES string of the molecule is Cn1cc(-c2nnn3c2COC(CN)C3)cn1. The molecule has 1 unspecified atom stereocenters. The molecule has 0 aromatic carbocycles. The average Bonchev–Trinajstić information content (AvgIpc) is 2.93. The zero-order valence-electron chi connectivity index (χ0n) is 9.58. The van der Waals surface area contributed by atoms with Gasteiger partial charge in [-0.3, -0.25) is 4.68 Å². The maximum absolute atomic E-state index is 5.63. The molecule has 0 amide bonds. The van der Waals surface area contributed by atoms with Gasteiger partial charge in [-0.2, -0.15) is 5.10 Å². The lowest BCUT2D eigenvalue weighted by molar-refractivity contribution is 0.00639. The molecule has 3 heterocycles. The Morgan fingerprint density at radius 2 is 2.47 bits per heavy atom. The molecule has 0 saturated heterocycles. The van der Waals surface area contributed by atoms with E-state index in [0.717, 1.165) is 17.0 Å². The van der Waals surface area contributed by atoms with Crippen molar-refractivity contribution in [3.63, 3.8) is 0 Å². The Hall–Kier alpha value is -1.73. The maximum atomic E-state index is 5.63. The average molecular weight is 234 g/mol. The fourth-order valence-corrected chi connectivity index (χ4v) is 1.98. The van der Waals surface area contributed by atoms with E-state index in [9.17, 15) is 0 Å². The van der Waals surface area contributed by atoms with E-state index in [1.54, 1.807) is 10.9 Å². The molecule has 2 aromatic rings. The zero-order valence-corrected chi connectivity index (χ0v) is 9.58. The van der Waals surface area contributed by atoms with Gasteiger partial charge in [0.05, 0.1) is 31.1 Å². The molecule has 0 radical (unpaired) electrons. The van der Waals surface area contributed by atoms with E-state index in [4.69, 9.17) is 10.5 Å². The molecule has 2 N–H and O–H groups in total. The number of aryl methyl sites for hydroxylation is 1. The standard InChI is InChI=1S/C10H14N6O/c1-15-4-7(3-12-15)10-9-6-17-8(2-11)5-16(9)14-13-10/h3-4,8H,2,5-6,11H2,1H3. The Morgan fingerprint density at radius 1 is 1.59 bits per heavy atom. The Balaban J connectivity index is 1.96. The summed E-state index contributed by atoms with van der Waals surface area (Å²) in [7, 11) is 1.88. The summed E-state index contributed by atoms with van der Waals surface area (Å²) >= 11 is 0. The monoisotopic (exact) mass is 234 g/mol. The van der Waals surface area contributed by atoms with Gasteiger partial charge in [0.25, 0.3) is 0 Å². The lowest BCUT2D eigenvalue weighted by atomic mass is 10.2. The van der Waals surface area contributed by atoms with Gasteiger partial charge in [0.15, 0.2) is 0 Å². The molecule has 90 valence electrons. The summed E-state index contributed by atoms with van der Waals surface area (Å²) in [5.74, 6) is 0. The molecule has 7 heteroatoms. The molecule has 1 aliphatic rings. The normalized spacial score (nSPS) is 19.3. The van der Waals surface area contributed by atoms with Crippen molar-refractivity contribution in [3.05, 3.63) is 18.1 Å². The van der Waals surface area contributed by atoms with Gasteiger partial charge in [-0.25, -0.2) is 4.68 Å². The Bertz CT molecular complexity index is 531. The number of nitrogens with zero attached hydrogens (tertiary/aromatic N) is 5. The third-order valence-corrected chi connectivity index (χ3v) is 2.91. The fourth-order valence-electron chi connectivity index (χ4n) is 1.98. The third-order valence-electron chi connectivity index (χ3n) is 2.91. The van der Waals surface area contributed by atoms with Gasteiger partial charge in [0.1, 0.15) is 5.69 Å². The first-order chi connectivity index (χ1) is 8.28. The number of hydrogen-bond donors (Lipinski definition) is 1. The van der Waals surface area contributed by atoms with E-state index >= 15 is 0 Å². The van der Waals surface area contributed by atoms with Crippen LogP contribution in [0, 0.1) is 0 Å². The van der Waals surface area contributed by atoms with E-state index in [0.29, 0.717) is 19.7 Å². The minimum absolute atomic E-state index is 0.0333. The summed E-state index contributed by atoms with van der Waals surface area (Å²) in [5, 5.41) is 12.5. The van der Waals surface area contributed by atoms with Crippen molar-refractivity contribution in [2.24, 2.45) is 12.8 Å². The Kier molecular flexibility index (Phi) is 2.41. The summed E-state index contributed by atoms with van der Waals surface area (Å²) in [6.07, 6.45) is 3.73. The highest BCUT2D eigenvalue weighted by molar-refractivity contribution is 5.59. The molecule has 0 spiro atoms. The predicted molar refractivity (Wildman–Crippen MR) is 59.9 cm³/mol. The molecular formula is C10H14N6O. The van der Waals surface area contributed by atoms with Crippen LogP contribution in [0.1, 0.15) is 5.69 Å². The number of ether oxygens (including phenoxy) is 1. The second kappa shape index (κ2) is 3.94. The van der Waals surface area contributed by atoms with Crippen LogP contribution in [0.15, 0.2) is 12.4 Å². The maximum Gasteiger partial charge on any atom is 0.121 e. The second-order valence-corrected chi connectivity index (χ2v) is 4.14. The van der Waals surface area contributed by atoms with Crippen LogP contribution in [0.2, 0.25) is 0 Å². The van der Waals surface area contributed by atoms with Gasteiger partial charge in [-0.1, -0.05) is 5.21 Å². The van der Waals surface area contributed by atoms with E-state index in [-0.39, 0.29) is 6.10 Å². The van der Waals surface area contributed by atoms with Crippen LogP contribution in [0.5, 0.6) is 0 Å². The number of aromatic nitrogens is 5. The lowest BCUT2D eigenvalue weighted by Crippen LogP contribution is -2.33. The number of nitrogens with two attached hydrogens (primary N) is 1. The second-order valence-electron chi connectivity index (χ2n) is 4.14. The van der Waals surface area contributed by atoms with Crippen molar-refractivity contribution in [1.82, 2.24) is 24.8 Å². The van der Waals surface area contributed by atoms with Gasteiger partial charge < -0.3 is 10.5 Å². The van der Waals surface area contributed by atoms with Crippen molar-refractivity contribution < 1.29 is 4.74 Å². The first kappa shape index (κ1) is 10.4. The van der Waals surface area contributed by atoms with Crippen molar-refractivity contribution >= 4 is 0 Å². The molecule has 0 bridgehead atoms. The Morgan fingerprint density at radius 3 is 3.18 bits per heavy atom. The van der Waals surface area contributed by atoms with Gasteiger partial charge in [-0.05, 0) is 0 Å². The molecule has 1 atom stereocenters. The van der Waals surface area contributed by atoms with Crippen molar-refractivity contribution in [3.8, 4) is 11.3 Å². The van der Waals surface area contributed by atoms with Crippen LogP contribution >= 0.6 is 0 Å². The Labute approximate surface area is 98.2 Å².